The molecular weight excluding hydrogens is 252 g/mol. The van der Waals surface area contributed by atoms with Gasteiger partial charge in [-0.15, -0.1) is 0 Å². The zero-order valence-electron chi connectivity index (χ0n) is 12.0. The van der Waals surface area contributed by atoms with Crippen LogP contribution in [0.5, 0.6) is 5.75 Å². The maximum atomic E-state index is 12.4. The lowest BCUT2D eigenvalue weighted by Gasteiger charge is -2.46. The Bertz CT molecular complexity index is 588. The smallest absolute Gasteiger partial charge is 0.166 e. The van der Waals surface area contributed by atoms with Crippen molar-refractivity contribution in [3.8, 4) is 5.75 Å². The summed E-state index contributed by atoms with van der Waals surface area (Å²) in [4.78, 5) is 12.4. The van der Waals surface area contributed by atoms with Crippen LogP contribution in [-0.2, 0) is 4.79 Å². The van der Waals surface area contributed by atoms with Gasteiger partial charge in [0.1, 0.15) is 17.1 Å². The highest BCUT2D eigenvalue weighted by molar-refractivity contribution is 6.05. The lowest BCUT2D eigenvalue weighted by molar-refractivity contribution is -0.121. The Hall–Kier alpha value is -1.77. The van der Waals surface area contributed by atoms with Gasteiger partial charge < -0.3 is 9.84 Å². The second-order valence-electron chi connectivity index (χ2n) is 5.80. The topological polar surface area (TPSA) is 46.5 Å². The van der Waals surface area contributed by atoms with Gasteiger partial charge >= 0.3 is 0 Å². The number of para-hydroxylation sites is 1. The minimum atomic E-state index is -0.650. The number of carbonyl (C=O) groups is 1. The Morgan fingerprint density at radius 3 is 2.90 bits per heavy atom. The molecule has 1 aromatic rings. The minimum Gasteiger partial charge on any atom is -0.507 e. The number of benzene rings is 1. The molecule has 3 rings (SSSR count). The predicted molar refractivity (Wildman–Crippen MR) is 77.7 cm³/mol. The van der Waals surface area contributed by atoms with Crippen LogP contribution in [0.1, 0.15) is 45.1 Å². The van der Waals surface area contributed by atoms with Crippen LogP contribution in [0, 0.1) is 5.92 Å². The summed E-state index contributed by atoms with van der Waals surface area (Å²) in [6, 6.07) is 7.42. The highest BCUT2D eigenvalue weighted by Crippen LogP contribution is 2.49. The van der Waals surface area contributed by atoms with Crippen LogP contribution < -0.4 is 4.74 Å². The molecule has 1 aliphatic heterocycles. The third-order valence-corrected chi connectivity index (χ3v) is 4.73. The van der Waals surface area contributed by atoms with E-state index in [9.17, 15) is 9.90 Å². The molecule has 2 atom stereocenters. The van der Waals surface area contributed by atoms with E-state index in [1.165, 1.54) is 0 Å². The first kappa shape index (κ1) is 13.2. The first-order valence-corrected chi connectivity index (χ1v) is 7.35. The van der Waals surface area contributed by atoms with E-state index in [2.05, 4.69) is 13.8 Å². The predicted octanol–water partition coefficient (Wildman–Crippen LogP) is 3.89. The Balaban J connectivity index is 2.24. The summed E-state index contributed by atoms with van der Waals surface area (Å²) in [6.07, 6.45) is 3.03. The lowest BCUT2D eigenvalue weighted by Crippen LogP contribution is -2.51. The van der Waals surface area contributed by atoms with Crippen molar-refractivity contribution in [3.63, 3.8) is 0 Å². The standard InChI is InChI=1S/C17H20O3/c1-3-11(2)17-10-6-8-13(18)15(17)16(19)12-7-4-5-9-14(12)20-17/h4-5,7,9,11,19H,3,6,8,10H2,1-2H3. The number of rotatable bonds is 2. The zero-order chi connectivity index (χ0) is 14.3. The average molecular weight is 272 g/mol. The van der Waals surface area contributed by atoms with Crippen molar-refractivity contribution in [2.75, 3.05) is 0 Å². The van der Waals surface area contributed by atoms with Gasteiger partial charge in [-0.1, -0.05) is 26.0 Å². The maximum Gasteiger partial charge on any atom is 0.166 e. The molecule has 1 aromatic carbocycles. The molecule has 2 unspecified atom stereocenters. The van der Waals surface area contributed by atoms with Crippen molar-refractivity contribution in [1.82, 2.24) is 0 Å². The van der Waals surface area contributed by atoms with E-state index in [0.717, 1.165) is 19.3 Å². The van der Waals surface area contributed by atoms with E-state index in [1.807, 2.05) is 18.2 Å². The van der Waals surface area contributed by atoms with Crippen molar-refractivity contribution in [1.29, 1.82) is 0 Å². The number of ketones is 1. The SMILES string of the molecule is CCC(C)C12CCCC(=O)C1=C(O)c1ccccc1O2. The Labute approximate surface area is 119 Å². The molecular formula is C17H20O3. The average Bonchev–Trinajstić information content (AvgIpc) is 2.46. The monoisotopic (exact) mass is 272 g/mol. The Morgan fingerprint density at radius 2 is 2.15 bits per heavy atom. The van der Waals surface area contributed by atoms with Crippen molar-refractivity contribution in [2.24, 2.45) is 5.92 Å². The molecule has 20 heavy (non-hydrogen) atoms. The molecule has 2 aliphatic rings. The van der Waals surface area contributed by atoms with Crippen molar-refractivity contribution in [3.05, 3.63) is 35.4 Å². The fourth-order valence-electron chi connectivity index (χ4n) is 3.44. The molecule has 3 nitrogen and oxygen atoms in total. The highest BCUT2D eigenvalue weighted by Gasteiger charge is 2.51. The number of aliphatic hydroxyl groups excluding tert-OH is 1. The number of ether oxygens (including phenoxy) is 1. The molecule has 0 amide bonds. The summed E-state index contributed by atoms with van der Waals surface area (Å²) < 4.78 is 6.28. The van der Waals surface area contributed by atoms with Gasteiger partial charge in [0.2, 0.25) is 0 Å². The van der Waals surface area contributed by atoms with E-state index in [-0.39, 0.29) is 17.5 Å². The van der Waals surface area contributed by atoms with E-state index < -0.39 is 5.60 Å². The first-order chi connectivity index (χ1) is 9.60. The molecule has 0 radical (unpaired) electrons. The number of hydrogen-bond donors (Lipinski definition) is 1. The van der Waals surface area contributed by atoms with Gasteiger partial charge in [-0.2, -0.15) is 0 Å². The molecule has 1 heterocycles. The summed E-state index contributed by atoms with van der Waals surface area (Å²) >= 11 is 0. The summed E-state index contributed by atoms with van der Waals surface area (Å²) in [5.41, 5.74) is 0.483. The molecule has 1 fully saturated rings. The summed E-state index contributed by atoms with van der Waals surface area (Å²) in [7, 11) is 0. The van der Waals surface area contributed by atoms with Gasteiger partial charge in [0, 0.05) is 12.3 Å². The molecule has 0 saturated heterocycles. The number of aliphatic hydroxyl groups is 1. The van der Waals surface area contributed by atoms with E-state index in [4.69, 9.17) is 4.74 Å². The molecule has 1 saturated carbocycles. The normalized spacial score (nSPS) is 26.6. The van der Waals surface area contributed by atoms with Crippen LogP contribution in [0.3, 0.4) is 0 Å². The Kier molecular flexibility index (Phi) is 3.08. The second kappa shape index (κ2) is 4.65. The van der Waals surface area contributed by atoms with Gasteiger partial charge in [-0.05, 0) is 31.4 Å². The van der Waals surface area contributed by atoms with Crippen LogP contribution in [0.25, 0.3) is 5.76 Å². The van der Waals surface area contributed by atoms with Gasteiger partial charge in [0.05, 0.1) is 11.1 Å². The van der Waals surface area contributed by atoms with Crippen LogP contribution in [0.2, 0.25) is 0 Å². The molecule has 1 N–H and O–H groups in total. The largest absolute Gasteiger partial charge is 0.507 e. The maximum absolute atomic E-state index is 12.4. The van der Waals surface area contributed by atoms with Crippen LogP contribution >= 0.6 is 0 Å². The van der Waals surface area contributed by atoms with Crippen molar-refractivity contribution >= 4 is 11.5 Å². The van der Waals surface area contributed by atoms with Crippen molar-refractivity contribution < 1.29 is 14.6 Å². The van der Waals surface area contributed by atoms with Crippen molar-refractivity contribution in [2.45, 2.75) is 45.1 Å². The third-order valence-electron chi connectivity index (χ3n) is 4.73. The van der Waals surface area contributed by atoms with Gasteiger partial charge in [-0.3, -0.25) is 4.79 Å². The summed E-state index contributed by atoms with van der Waals surface area (Å²) in [5.74, 6) is 1.03. The van der Waals surface area contributed by atoms with Gasteiger partial charge in [0.15, 0.2) is 5.78 Å². The van der Waals surface area contributed by atoms with Crippen LogP contribution in [-0.4, -0.2) is 16.5 Å². The molecule has 0 aromatic heterocycles. The molecule has 106 valence electrons. The van der Waals surface area contributed by atoms with E-state index in [0.29, 0.717) is 23.3 Å². The summed E-state index contributed by atoms with van der Waals surface area (Å²) in [6.45, 7) is 4.19. The van der Waals surface area contributed by atoms with Gasteiger partial charge in [0.25, 0.3) is 0 Å². The number of Topliss-reactive ketones (excluding diaryl/α,β-unsaturated/α-hetero) is 1. The molecule has 1 aliphatic carbocycles. The van der Waals surface area contributed by atoms with E-state index in [1.54, 1.807) is 6.07 Å². The Morgan fingerprint density at radius 1 is 1.40 bits per heavy atom. The molecule has 0 bridgehead atoms. The number of carbonyl (C=O) groups excluding carboxylic acids is 1. The second-order valence-corrected chi connectivity index (χ2v) is 5.80. The van der Waals surface area contributed by atoms with E-state index >= 15 is 0 Å². The fourth-order valence-corrected chi connectivity index (χ4v) is 3.44. The number of fused-ring (bicyclic) bond motifs is 2. The minimum absolute atomic E-state index is 0.0311. The molecule has 0 spiro atoms. The quantitative estimate of drug-likeness (QED) is 0.888. The number of hydrogen-bond acceptors (Lipinski definition) is 3. The van der Waals surface area contributed by atoms with Gasteiger partial charge in [-0.25, -0.2) is 0 Å². The van der Waals surface area contributed by atoms with Crippen LogP contribution in [0.4, 0.5) is 0 Å². The first-order valence-electron chi connectivity index (χ1n) is 7.35. The lowest BCUT2D eigenvalue weighted by atomic mass is 9.69. The highest BCUT2D eigenvalue weighted by atomic mass is 16.5. The molecule has 3 heteroatoms. The van der Waals surface area contributed by atoms with Crippen LogP contribution in [0.15, 0.2) is 29.8 Å². The third kappa shape index (κ3) is 1.69. The fraction of sp³-hybridized carbons (Fsp3) is 0.471. The zero-order valence-corrected chi connectivity index (χ0v) is 12.0. The summed E-state index contributed by atoms with van der Waals surface area (Å²) in [5, 5.41) is 10.6.